The van der Waals surface area contributed by atoms with Crippen LogP contribution in [0.3, 0.4) is 0 Å². The van der Waals surface area contributed by atoms with Crippen molar-refractivity contribution >= 4 is 28.8 Å². The lowest BCUT2D eigenvalue weighted by atomic mass is 10.2. The summed E-state index contributed by atoms with van der Waals surface area (Å²) < 4.78 is 37.1. The highest BCUT2D eigenvalue weighted by Gasteiger charge is 2.17. The second-order valence-electron chi connectivity index (χ2n) is 6.68. The van der Waals surface area contributed by atoms with Crippen molar-refractivity contribution in [2.45, 2.75) is 13.3 Å². The first kappa shape index (κ1) is 23.1. The Labute approximate surface area is 187 Å². The molecule has 0 saturated heterocycles. The summed E-state index contributed by atoms with van der Waals surface area (Å²) in [5, 5.41) is 5.39. The first-order chi connectivity index (χ1) is 15.3. The zero-order valence-electron chi connectivity index (χ0n) is 17.6. The van der Waals surface area contributed by atoms with Gasteiger partial charge in [0.2, 0.25) is 0 Å². The number of nitrogens with zero attached hydrogens (tertiary/aromatic N) is 1. The molecule has 0 fully saturated rings. The minimum Gasteiger partial charge on any atom is -0.493 e. The van der Waals surface area contributed by atoms with E-state index in [1.807, 2.05) is 19.1 Å². The number of ether oxygens (including phenoxy) is 2. The van der Waals surface area contributed by atoms with E-state index >= 15 is 0 Å². The lowest BCUT2D eigenvalue weighted by Crippen LogP contribution is -2.36. The third-order valence-electron chi connectivity index (χ3n) is 4.55. The fourth-order valence-electron chi connectivity index (χ4n) is 2.89. The summed E-state index contributed by atoms with van der Waals surface area (Å²) in [6, 6.07) is 8.17. The molecule has 7 nitrogen and oxygen atoms in total. The first-order valence-corrected chi connectivity index (χ1v) is 10.4. The summed E-state index contributed by atoms with van der Waals surface area (Å²) in [5.74, 6) is -2.49. The number of carbonyl (C=O) groups is 2. The molecule has 0 bridgehead atoms. The Hall–Kier alpha value is -3.53. The Kier molecular flexibility index (Phi) is 7.37. The van der Waals surface area contributed by atoms with E-state index in [1.165, 1.54) is 11.3 Å². The number of halogens is 2. The maximum absolute atomic E-state index is 13.6. The van der Waals surface area contributed by atoms with Crippen LogP contribution in [0.1, 0.15) is 10.6 Å². The fraction of sp³-hybridized carbons (Fsp3) is 0.227. The van der Waals surface area contributed by atoms with Crippen molar-refractivity contribution < 1.29 is 27.8 Å². The molecule has 32 heavy (non-hydrogen) atoms. The van der Waals surface area contributed by atoms with Crippen LogP contribution in [0.5, 0.6) is 11.5 Å². The van der Waals surface area contributed by atoms with Gasteiger partial charge in [-0.25, -0.2) is 13.8 Å². The van der Waals surface area contributed by atoms with Crippen molar-refractivity contribution in [2.24, 2.45) is 0 Å². The van der Waals surface area contributed by atoms with Gasteiger partial charge in [-0.05, 0) is 37.3 Å². The molecule has 2 N–H and O–H groups in total. The van der Waals surface area contributed by atoms with Crippen molar-refractivity contribution in [3.8, 4) is 22.1 Å². The predicted octanol–water partition coefficient (Wildman–Crippen LogP) is 3.71. The van der Waals surface area contributed by atoms with Gasteiger partial charge >= 0.3 is 11.8 Å². The first-order valence-electron chi connectivity index (χ1n) is 9.55. The number of thiazole rings is 1. The van der Waals surface area contributed by atoms with E-state index in [4.69, 9.17) is 9.47 Å². The van der Waals surface area contributed by atoms with Gasteiger partial charge in [-0.3, -0.25) is 9.59 Å². The molecular formula is C22H21F2N3O4S. The van der Waals surface area contributed by atoms with Crippen LogP contribution in [0.15, 0.2) is 36.4 Å². The summed E-state index contributed by atoms with van der Waals surface area (Å²) in [4.78, 5) is 29.5. The number of nitrogens with one attached hydrogen (secondary N) is 2. The zero-order chi connectivity index (χ0) is 23.3. The standard InChI is InChI=1S/C22H21F2N3O4S/c1-12-19(32-22(26-12)13-4-7-17(30-2)18(10-13)31-3)8-9-25-20(28)21(29)27-16-6-5-14(23)11-15(16)24/h4-7,10-11H,8-9H2,1-3H3,(H,25,28)(H,27,29). The Morgan fingerprint density at radius 2 is 1.78 bits per heavy atom. The molecule has 1 aromatic heterocycles. The molecule has 3 rings (SSSR count). The van der Waals surface area contributed by atoms with Gasteiger partial charge in [0.15, 0.2) is 11.5 Å². The Bertz CT molecular complexity index is 1150. The van der Waals surface area contributed by atoms with Gasteiger partial charge in [-0.2, -0.15) is 0 Å². The lowest BCUT2D eigenvalue weighted by molar-refractivity contribution is -0.136. The second kappa shape index (κ2) is 10.2. The summed E-state index contributed by atoms with van der Waals surface area (Å²) in [5.41, 5.74) is 1.41. The van der Waals surface area contributed by atoms with E-state index in [-0.39, 0.29) is 12.2 Å². The van der Waals surface area contributed by atoms with Gasteiger partial charge in [0.1, 0.15) is 16.6 Å². The smallest absolute Gasteiger partial charge is 0.313 e. The highest BCUT2D eigenvalue weighted by Crippen LogP contribution is 2.35. The molecule has 0 atom stereocenters. The summed E-state index contributed by atoms with van der Waals surface area (Å²) in [6.07, 6.45) is 0.459. The van der Waals surface area contributed by atoms with Crippen LogP contribution in [0.2, 0.25) is 0 Å². The molecule has 2 amide bonds. The van der Waals surface area contributed by atoms with Gasteiger partial charge in [-0.15, -0.1) is 11.3 Å². The van der Waals surface area contributed by atoms with Crippen LogP contribution < -0.4 is 20.1 Å². The maximum atomic E-state index is 13.6. The summed E-state index contributed by atoms with van der Waals surface area (Å²) in [6.45, 7) is 2.05. The highest BCUT2D eigenvalue weighted by molar-refractivity contribution is 7.15. The van der Waals surface area contributed by atoms with Crippen molar-refractivity contribution in [1.82, 2.24) is 10.3 Å². The predicted molar refractivity (Wildman–Crippen MR) is 117 cm³/mol. The van der Waals surface area contributed by atoms with Crippen LogP contribution in [-0.4, -0.2) is 37.6 Å². The molecule has 10 heteroatoms. The Morgan fingerprint density at radius 3 is 2.47 bits per heavy atom. The normalized spacial score (nSPS) is 10.5. The number of aromatic nitrogens is 1. The van der Waals surface area contributed by atoms with Crippen molar-refractivity contribution in [3.05, 3.63) is 58.6 Å². The minimum absolute atomic E-state index is 0.187. The van der Waals surface area contributed by atoms with Crippen molar-refractivity contribution in [1.29, 1.82) is 0 Å². The molecule has 0 aliphatic heterocycles. The van der Waals surface area contributed by atoms with Gasteiger partial charge in [0.05, 0.1) is 25.6 Å². The highest BCUT2D eigenvalue weighted by atomic mass is 32.1. The molecule has 0 aliphatic rings. The average Bonchev–Trinajstić information content (AvgIpc) is 3.15. The quantitative estimate of drug-likeness (QED) is 0.524. The Balaban J connectivity index is 1.59. The minimum atomic E-state index is -1.04. The van der Waals surface area contributed by atoms with Crippen molar-refractivity contribution in [2.75, 3.05) is 26.1 Å². The van der Waals surface area contributed by atoms with Gasteiger partial charge in [-0.1, -0.05) is 0 Å². The molecule has 0 unspecified atom stereocenters. The van der Waals surface area contributed by atoms with E-state index in [2.05, 4.69) is 15.6 Å². The summed E-state index contributed by atoms with van der Waals surface area (Å²) in [7, 11) is 3.12. The van der Waals surface area contributed by atoms with E-state index in [9.17, 15) is 18.4 Å². The molecule has 0 saturated carbocycles. The SMILES string of the molecule is COc1ccc(-c2nc(C)c(CCNC(=O)C(=O)Nc3ccc(F)cc3F)s2)cc1OC. The second-order valence-corrected chi connectivity index (χ2v) is 7.77. The lowest BCUT2D eigenvalue weighted by Gasteiger charge is -2.08. The molecular weight excluding hydrogens is 440 g/mol. The maximum Gasteiger partial charge on any atom is 0.313 e. The zero-order valence-corrected chi connectivity index (χ0v) is 18.4. The van der Waals surface area contributed by atoms with Crippen LogP contribution in [0.4, 0.5) is 14.5 Å². The molecule has 0 radical (unpaired) electrons. The molecule has 1 heterocycles. The fourth-order valence-corrected chi connectivity index (χ4v) is 3.95. The topological polar surface area (TPSA) is 89.5 Å². The number of amides is 2. The largest absolute Gasteiger partial charge is 0.493 e. The number of benzene rings is 2. The third kappa shape index (κ3) is 5.38. The average molecular weight is 461 g/mol. The van der Waals surface area contributed by atoms with E-state index in [1.54, 1.807) is 20.3 Å². The van der Waals surface area contributed by atoms with E-state index < -0.39 is 23.4 Å². The van der Waals surface area contributed by atoms with Crippen LogP contribution in [-0.2, 0) is 16.0 Å². The van der Waals surface area contributed by atoms with Crippen LogP contribution >= 0.6 is 11.3 Å². The number of methoxy groups -OCH3 is 2. The van der Waals surface area contributed by atoms with Gasteiger partial charge in [0, 0.05) is 29.5 Å². The van der Waals surface area contributed by atoms with E-state index in [0.717, 1.165) is 33.3 Å². The molecule has 3 aromatic rings. The third-order valence-corrected chi connectivity index (χ3v) is 5.81. The Morgan fingerprint density at radius 1 is 1.03 bits per heavy atom. The van der Waals surface area contributed by atoms with Crippen LogP contribution in [0, 0.1) is 18.6 Å². The number of hydrogen-bond donors (Lipinski definition) is 2. The van der Waals surface area contributed by atoms with Crippen LogP contribution in [0.25, 0.3) is 10.6 Å². The number of aryl methyl sites for hydroxylation is 1. The van der Waals surface area contributed by atoms with Crippen molar-refractivity contribution in [3.63, 3.8) is 0 Å². The monoisotopic (exact) mass is 461 g/mol. The molecule has 2 aromatic carbocycles. The number of carbonyl (C=O) groups excluding carboxylic acids is 2. The molecule has 168 valence electrons. The number of hydrogen-bond acceptors (Lipinski definition) is 6. The molecule has 0 spiro atoms. The number of anilines is 1. The summed E-state index contributed by atoms with van der Waals surface area (Å²) >= 11 is 1.47. The van der Waals surface area contributed by atoms with E-state index in [0.29, 0.717) is 24.0 Å². The molecule has 0 aliphatic carbocycles. The van der Waals surface area contributed by atoms with Gasteiger partial charge in [0.25, 0.3) is 0 Å². The van der Waals surface area contributed by atoms with Gasteiger partial charge < -0.3 is 20.1 Å². The number of rotatable bonds is 7.